The summed E-state index contributed by atoms with van der Waals surface area (Å²) < 4.78 is 27.1. The van der Waals surface area contributed by atoms with E-state index in [0.717, 1.165) is 38.4 Å². The zero-order valence-corrected chi connectivity index (χ0v) is 25.2. The summed E-state index contributed by atoms with van der Waals surface area (Å²) in [5.41, 5.74) is 4.99. The molecule has 0 aromatic heterocycles. The van der Waals surface area contributed by atoms with E-state index in [0.29, 0.717) is 18.7 Å². The minimum atomic E-state index is -3.81. The third-order valence-electron chi connectivity index (χ3n) is 6.95. The second kappa shape index (κ2) is 13.6. The Balaban J connectivity index is 2.07. The van der Waals surface area contributed by atoms with Crippen LogP contribution >= 0.6 is 0 Å². The van der Waals surface area contributed by atoms with Crippen LogP contribution in [0.2, 0.25) is 0 Å². The highest BCUT2D eigenvalue weighted by Gasteiger charge is 2.33. The molecule has 0 spiro atoms. The van der Waals surface area contributed by atoms with Crippen LogP contribution in [0.4, 0.5) is 5.69 Å². The van der Waals surface area contributed by atoms with Gasteiger partial charge in [0.25, 0.3) is 0 Å². The molecule has 2 amide bonds. The first-order valence-electron chi connectivity index (χ1n) is 13.6. The van der Waals surface area contributed by atoms with E-state index in [1.54, 1.807) is 12.1 Å². The van der Waals surface area contributed by atoms with Gasteiger partial charge in [0.15, 0.2) is 0 Å². The maximum atomic E-state index is 14.2. The number of benzene rings is 3. The number of hydrogen-bond donors (Lipinski definition) is 1. The van der Waals surface area contributed by atoms with Crippen LogP contribution in [0.5, 0.6) is 0 Å². The Hall–Kier alpha value is -3.65. The lowest BCUT2D eigenvalue weighted by atomic mass is 10.0. The summed E-state index contributed by atoms with van der Waals surface area (Å²) in [6, 6.07) is 21.9. The zero-order chi connectivity index (χ0) is 29.4. The van der Waals surface area contributed by atoms with E-state index >= 15 is 0 Å². The van der Waals surface area contributed by atoms with Gasteiger partial charge in [-0.25, -0.2) is 8.42 Å². The summed E-state index contributed by atoms with van der Waals surface area (Å²) in [5.74, 6) is -0.490. The van der Waals surface area contributed by atoms with Crippen molar-refractivity contribution < 1.29 is 18.0 Å². The van der Waals surface area contributed by atoms with E-state index in [4.69, 9.17) is 0 Å². The van der Waals surface area contributed by atoms with E-state index in [1.165, 1.54) is 4.90 Å². The Morgan fingerprint density at radius 1 is 0.850 bits per heavy atom. The van der Waals surface area contributed by atoms with Crippen molar-refractivity contribution in [3.8, 4) is 0 Å². The molecular formula is C32H41N3O4S. The van der Waals surface area contributed by atoms with Crippen LogP contribution in [0, 0.1) is 26.7 Å². The summed E-state index contributed by atoms with van der Waals surface area (Å²) in [5, 5.41) is 3.00. The number of amides is 2. The van der Waals surface area contributed by atoms with Crippen molar-refractivity contribution >= 4 is 27.5 Å². The Morgan fingerprint density at radius 2 is 1.50 bits per heavy atom. The number of anilines is 1. The normalized spacial score (nSPS) is 12.2. The number of rotatable bonds is 12. The molecule has 0 aliphatic rings. The van der Waals surface area contributed by atoms with Crippen molar-refractivity contribution in [1.82, 2.24) is 10.2 Å². The maximum Gasteiger partial charge on any atom is 0.244 e. The van der Waals surface area contributed by atoms with E-state index in [-0.39, 0.29) is 18.4 Å². The van der Waals surface area contributed by atoms with E-state index in [2.05, 4.69) is 5.32 Å². The lowest BCUT2D eigenvalue weighted by molar-refractivity contribution is -0.140. The third-order valence-corrected chi connectivity index (χ3v) is 8.08. The summed E-state index contributed by atoms with van der Waals surface area (Å²) in [7, 11) is -3.81. The predicted octanol–water partition coefficient (Wildman–Crippen LogP) is 4.79. The van der Waals surface area contributed by atoms with E-state index in [1.807, 2.05) is 95.3 Å². The molecule has 0 radical (unpaired) electrons. The number of hydrogen-bond acceptors (Lipinski definition) is 4. The van der Waals surface area contributed by atoms with Gasteiger partial charge in [0, 0.05) is 19.5 Å². The Kier molecular flexibility index (Phi) is 10.5. The predicted molar refractivity (Wildman–Crippen MR) is 162 cm³/mol. The maximum absolute atomic E-state index is 14.2. The number of carbonyl (C=O) groups excluding carboxylic acids is 2. The van der Waals surface area contributed by atoms with E-state index < -0.39 is 28.5 Å². The Labute approximate surface area is 239 Å². The number of carbonyl (C=O) groups is 2. The molecule has 0 fully saturated rings. The fourth-order valence-electron chi connectivity index (χ4n) is 4.47. The summed E-state index contributed by atoms with van der Waals surface area (Å²) in [4.78, 5) is 29.3. The minimum Gasteiger partial charge on any atom is -0.354 e. The van der Waals surface area contributed by atoms with Crippen molar-refractivity contribution in [2.75, 3.05) is 23.7 Å². The number of aryl methyl sites for hydroxylation is 2. The highest BCUT2D eigenvalue weighted by molar-refractivity contribution is 7.92. The molecule has 1 atom stereocenters. The topological polar surface area (TPSA) is 86.8 Å². The second-order valence-electron chi connectivity index (χ2n) is 10.8. The minimum absolute atomic E-state index is 0.163. The van der Waals surface area contributed by atoms with Crippen molar-refractivity contribution in [2.24, 2.45) is 5.92 Å². The van der Waals surface area contributed by atoms with Crippen LogP contribution in [-0.4, -0.2) is 50.5 Å². The molecule has 0 saturated carbocycles. The quantitative estimate of drug-likeness (QED) is 0.343. The summed E-state index contributed by atoms with van der Waals surface area (Å²) >= 11 is 0. The van der Waals surface area contributed by atoms with Crippen LogP contribution in [0.25, 0.3) is 0 Å². The molecule has 0 aliphatic carbocycles. The van der Waals surface area contributed by atoms with Gasteiger partial charge in [-0.2, -0.15) is 0 Å². The Morgan fingerprint density at radius 3 is 2.10 bits per heavy atom. The average Bonchev–Trinajstić information content (AvgIpc) is 2.90. The highest BCUT2D eigenvalue weighted by atomic mass is 32.2. The van der Waals surface area contributed by atoms with E-state index in [9.17, 15) is 18.0 Å². The van der Waals surface area contributed by atoms with Gasteiger partial charge in [-0.05, 0) is 55.0 Å². The smallest absolute Gasteiger partial charge is 0.244 e. The number of nitrogens with zero attached hydrogens (tertiary/aromatic N) is 2. The molecule has 7 nitrogen and oxygen atoms in total. The summed E-state index contributed by atoms with van der Waals surface area (Å²) in [6.07, 6.45) is 1.40. The largest absolute Gasteiger partial charge is 0.354 e. The molecular weight excluding hydrogens is 522 g/mol. The van der Waals surface area contributed by atoms with Gasteiger partial charge in [0.1, 0.15) is 12.6 Å². The molecule has 214 valence electrons. The molecule has 0 aliphatic heterocycles. The first kappa shape index (κ1) is 30.9. The molecule has 0 saturated heterocycles. The van der Waals surface area contributed by atoms with Crippen LogP contribution in [-0.2, 0) is 32.6 Å². The lowest BCUT2D eigenvalue weighted by Crippen LogP contribution is -2.53. The number of sulfonamides is 1. The molecule has 3 rings (SSSR count). The third kappa shape index (κ3) is 8.42. The van der Waals surface area contributed by atoms with Gasteiger partial charge in [0.2, 0.25) is 21.8 Å². The monoisotopic (exact) mass is 563 g/mol. The van der Waals surface area contributed by atoms with Crippen LogP contribution < -0.4 is 9.62 Å². The van der Waals surface area contributed by atoms with Crippen molar-refractivity contribution in [3.05, 3.63) is 101 Å². The zero-order valence-electron chi connectivity index (χ0n) is 24.3. The van der Waals surface area contributed by atoms with Gasteiger partial charge in [0.05, 0.1) is 11.9 Å². The van der Waals surface area contributed by atoms with Gasteiger partial charge in [-0.3, -0.25) is 13.9 Å². The molecule has 0 bridgehead atoms. The molecule has 0 heterocycles. The second-order valence-corrected chi connectivity index (χ2v) is 12.7. The number of nitrogens with one attached hydrogen (secondary N) is 1. The lowest BCUT2D eigenvalue weighted by Gasteiger charge is -2.34. The van der Waals surface area contributed by atoms with Gasteiger partial charge in [-0.1, -0.05) is 86.1 Å². The SMILES string of the molecule is Cc1ccc(CN(C(=O)CN(c2cccc(C)c2C)S(C)(=O)=O)[C@H](Cc2ccccc2)C(=O)NCC(C)C)cc1. The Bertz CT molecular complexity index is 1400. The molecule has 40 heavy (non-hydrogen) atoms. The molecule has 3 aromatic carbocycles. The first-order valence-corrected chi connectivity index (χ1v) is 15.4. The fraction of sp³-hybridized carbons (Fsp3) is 0.375. The molecule has 1 N–H and O–H groups in total. The van der Waals surface area contributed by atoms with Crippen LogP contribution in [0.15, 0.2) is 72.8 Å². The van der Waals surface area contributed by atoms with Crippen LogP contribution in [0.3, 0.4) is 0 Å². The highest BCUT2D eigenvalue weighted by Crippen LogP contribution is 2.26. The van der Waals surface area contributed by atoms with Gasteiger partial charge < -0.3 is 10.2 Å². The standard InChI is InChI=1S/C32H41N3O4S/c1-23(2)20-33-32(37)30(19-27-12-8-7-9-13-27)34(21-28-17-15-24(3)16-18-28)31(36)22-35(40(6,38)39)29-14-10-11-25(4)26(29)5/h7-18,23,30H,19-22H2,1-6H3,(H,33,37)/t30-/m1/s1. The van der Waals surface area contributed by atoms with Crippen molar-refractivity contribution in [3.63, 3.8) is 0 Å². The summed E-state index contributed by atoms with van der Waals surface area (Å²) in [6.45, 7) is 9.96. The van der Waals surface area contributed by atoms with Crippen LogP contribution in [0.1, 0.15) is 41.7 Å². The first-order chi connectivity index (χ1) is 18.9. The average molecular weight is 564 g/mol. The van der Waals surface area contributed by atoms with Gasteiger partial charge >= 0.3 is 0 Å². The molecule has 3 aromatic rings. The van der Waals surface area contributed by atoms with Crippen molar-refractivity contribution in [2.45, 2.75) is 53.6 Å². The van der Waals surface area contributed by atoms with Crippen molar-refractivity contribution in [1.29, 1.82) is 0 Å². The molecule has 8 heteroatoms. The molecule has 0 unspecified atom stereocenters. The van der Waals surface area contributed by atoms with Gasteiger partial charge in [-0.15, -0.1) is 0 Å². The fourth-order valence-corrected chi connectivity index (χ4v) is 5.37.